The van der Waals surface area contributed by atoms with E-state index in [1.807, 2.05) is 0 Å². The van der Waals surface area contributed by atoms with Gasteiger partial charge >= 0.3 is 0 Å². The molecule has 0 spiro atoms. The second-order valence-electron chi connectivity index (χ2n) is 4.37. The fourth-order valence-corrected chi connectivity index (χ4v) is 2.64. The second-order valence-corrected chi connectivity index (χ2v) is 4.64. The fraction of sp³-hybridized carbons (Fsp3) is 1.00. The Morgan fingerprint density at radius 1 is 1.25 bits per heavy atom. The van der Waals surface area contributed by atoms with Crippen molar-refractivity contribution < 1.29 is 0 Å². The van der Waals surface area contributed by atoms with E-state index in [2.05, 4.69) is 13.8 Å². The van der Waals surface area contributed by atoms with E-state index in [4.69, 9.17) is 11.6 Å². The summed E-state index contributed by atoms with van der Waals surface area (Å²) in [5.41, 5.74) is 0.554. The van der Waals surface area contributed by atoms with Crippen LogP contribution in [0.1, 0.15) is 52.4 Å². The van der Waals surface area contributed by atoms with Gasteiger partial charge in [-0.15, -0.1) is 11.6 Å². The van der Waals surface area contributed by atoms with Crippen molar-refractivity contribution >= 4 is 11.6 Å². The summed E-state index contributed by atoms with van der Waals surface area (Å²) in [6, 6.07) is 0. The standard InChI is InChI=1S/C11H21Cl/c1-3-10(4-2)8-11(9-12)6-5-7-11/h10H,3-9H2,1-2H3. The van der Waals surface area contributed by atoms with Crippen molar-refractivity contribution in [3.05, 3.63) is 0 Å². The Bertz CT molecular complexity index is 117. The lowest BCUT2D eigenvalue weighted by atomic mass is 9.65. The first-order valence-electron chi connectivity index (χ1n) is 5.32. The minimum absolute atomic E-state index is 0.554. The van der Waals surface area contributed by atoms with Gasteiger partial charge < -0.3 is 0 Å². The van der Waals surface area contributed by atoms with Crippen molar-refractivity contribution in [2.75, 3.05) is 5.88 Å². The predicted molar refractivity (Wildman–Crippen MR) is 55.7 cm³/mol. The molecule has 72 valence electrons. The van der Waals surface area contributed by atoms with E-state index in [1.54, 1.807) is 0 Å². The summed E-state index contributed by atoms with van der Waals surface area (Å²) < 4.78 is 0. The van der Waals surface area contributed by atoms with E-state index in [0.717, 1.165) is 11.8 Å². The third-order valence-electron chi connectivity index (χ3n) is 3.57. The van der Waals surface area contributed by atoms with Crippen LogP contribution in [-0.2, 0) is 0 Å². The zero-order valence-electron chi connectivity index (χ0n) is 8.41. The van der Waals surface area contributed by atoms with Gasteiger partial charge in [0.1, 0.15) is 0 Å². The molecule has 0 unspecified atom stereocenters. The first-order chi connectivity index (χ1) is 5.76. The van der Waals surface area contributed by atoms with E-state index < -0.39 is 0 Å². The van der Waals surface area contributed by atoms with Gasteiger partial charge in [-0.1, -0.05) is 33.1 Å². The molecule has 0 nitrogen and oxygen atoms in total. The Morgan fingerprint density at radius 3 is 2.08 bits per heavy atom. The van der Waals surface area contributed by atoms with Crippen LogP contribution in [0.3, 0.4) is 0 Å². The number of hydrogen-bond acceptors (Lipinski definition) is 0. The normalized spacial score (nSPS) is 21.0. The molecule has 12 heavy (non-hydrogen) atoms. The molecule has 0 bridgehead atoms. The highest BCUT2D eigenvalue weighted by atomic mass is 35.5. The number of halogens is 1. The highest BCUT2D eigenvalue weighted by Gasteiger charge is 2.37. The Labute approximate surface area is 81.7 Å². The molecule has 0 atom stereocenters. The van der Waals surface area contributed by atoms with E-state index >= 15 is 0 Å². The van der Waals surface area contributed by atoms with Crippen molar-refractivity contribution in [2.45, 2.75) is 52.4 Å². The maximum absolute atomic E-state index is 6.02. The fourth-order valence-electron chi connectivity index (χ4n) is 2.26. The molecule has 0 radical (unpaired) electrons. The molecular weight excluding hydrogens is 168 g/mol. The van der Waals surface area contributed by atoms with Gasteiger partial charge in [0.25, 0.3) is 0 Å². The van der Waals surface area contributed by atoms with Crippen molar-refractivity contribution in [1.82, 2.24) is 0 Å². The molecule has 0 amide bonds. The van der Waals surface area contributed by atoms with Crippen LogP contribution in [0.15, 0.2) is 0 Å². The van der Waals surface area contributed by atoms with Gasteiger partial charge in [-0.25, -0.2) is 0 Å². The minimum atomic E-state index is 0.554. The van der Waals surface area contributed by atoms with E-state index in [-0.39, 0.29) is 0 Å². The molecule has 0 aromatic heterocycles. The molecule has 1 rings (SSSR count). The first-order valence-corrected chi connectivity index (χ1v) is 5.85. The van der Waals surface area contributed by atoms with Crippen LogP contribution in [0.25, 0.3) is 0 Å². The molecule has 1 saturated carbocycles. The van der Waals surface area contributed by atoms with Crippen molar-refractivity contribution in [2.24, 2.45) is 11.3 Å². The van der Waals surface area contributed by atoms with Crippen LogP contribution in [-0.4, -0.2) is 5.88 Å². The Morgan fingerprint density at radius 2 is 1.83 bits per heavy atom. The molecule has 1 aliphatic rings. The van der Waals surface area contributed by atoms with Crippen LogP contribution in [0, 0.1) is 11.3 Å². The maximum atomic E-state index is 6.02. The largest absolute Gasteiger partial charge is 0.126 e. The molecular formula is C11H21Cl. The molecule has 0 aromatic carbocycles. The average Bonchev–Trinajstić information content (AvgIpc) is 2.05. The zero-order valence-corrected chi connectivity index (χ0v) is 9.16. The lowest BCUT2D eigenvalue weighted by molar-refractivity contribution is 0.118. The third kappa shape index (κ3) is 2.16. The van der Waals surface area contributed by atoms with Crippen LogP contribution in [0.2, 0.25) is 0 Å². The molecule has 1 aliphatic carbocycles. The summed E-state index contributed by atoms with van der Waals surface area (Å²) in [5, 5.41) is 0. The summed E-state index contributed by atoms with van der Waals surface area (Å²) in [5.74, 6) is 1.81. The molecule has 0 N–H and O–H groups in total. The SMILES string of the molecule is CCC(CC)CC1(CCl)CCC1. The van der Waals surface area contributed by atoms with Crippen molar-refractivity contribution in [3.63, 3.8) is 0 Å². The van der Waals surface area contributed by atoms with Crippen LogP contribution < -0.4 is 0 Å². The number of hydrogen-bond donors (Lipinski definition) is 0. The summed E-state index contributed by atoms with van der Waals surface area (Å²) in [6.45, 7) is 4.60. The molecule has 0 aromatic rings. The minimum Gasteiger partial charge on any atom is -0.126 e. The van der Waals surface area contributed by atoms with Gasteiger partial charge in [0, 0.05) is 5.88 Å². The quantitative estimate of drug-likeness (QED) is 0.567. The van der Waals surface area contributed by atoms with Crippen molar-refractivity contribution in [1.29, 1.82) is 0 Å². The van der Waals surface area contributed by atoms with Gasteiger partial charge in [0.15, 0.2) is 0 Å². The summed E-state index contributed by atoms with van der Waals surface area (Å²) in [6.07, 6.45) is 8.21. The van der Waals surface area contributed by atoms with Gasteiger partial charge in [-0.3, -0.25) is 0 Å². The van der Waals surface area contributed by atoms with Crippen molar-refractivity contribution in [3.8, 4) is 0 Å². The topological polar surface area (TPSA) is 0 Å². The molecule has 1 fully saturated rings. The Balaban J connectivity index is 2.35. The van der Waals surface area contributed by atoms with Gasteiger partial charge in [0.05, 0.1) is 0 Å². The maximum Gasteiger partial charge on any atom is 0.0280 e. The summed E-state index contributed by atoms with van der Waals surface area (Å²) in [7, 11) is 0. The highest BCUT2D eigenvalue weighted by Crippen LogP contribution is 2.47. The molecule has 0 saturated heterocycles. The second kappa shape index (κ2) is 4.50. The Hall–Kier alpha value is 0.290. The smallest absolute Gasteiger partial charge is 0.0280 e. The van der Waals surface area contributed by atoms with E-state index in [1.165, 1.54) is 38.5 Å². The predicted octanol–water partition coefficient (Wildman–Crippen LogP) is 4.22. The molecule has 0 heterocycles. The zero-order chi connectivity index (χ0) is 9.03. The summed E-state index contributed by atoms with van der Waals surface area (Å²) >= 11 is 6.02. The molecule has 1 heteroatoms. The Kier molecular flexibility index (Phi) is 3.89. The van der Waals surface area contributed by atoms with E-state index in [9.17, 15) is 0 Å². The van der Waals surface area contributed by atoms with Crippen LogP contribution >= 0.6 is 11.6 Å². The number of alkyl halides is 1. The third-order valence-corrected chi connectivity index (χ3v) is 4.14. The first kappa shape index (κ1) is 10.4. The van der Waals surface area contributed by atoms with Gasteiger partial charge in [0.2, 0.25) is 0 Å². The molecule has 0 aliphatic heterocycles. The lowest BCUT2D eigenvalue weighted by Gasteiger charge is -2.42. The van der Waals surface area contributed by atoms with Gasteiger partial charge in [-0.2, -0.15) is 0 Å². The van der Waals surface area contributed by atoms with E-state index in [0.29, 0.717) is 5.41 Å². The average molecular weight is 189 g/mol. The lowest BCUT2D eigenvalue weighted by Crippen LogP contribution is -2.33. The van der Waals surface area contributed by atoms with Gasteiger partial charge in [-0.05, 0) is 30.6 Å². The number of rotatable bonds is 5. The summed E-state index contributed by atoms with van der Waals surface area (Å²) in [4.78, 5) is 0. The van der Waals surface area contributed by atoms with Crippen LogP contribution in [0.5, 0.6) is 0 Å². The monoisotopic (exact) mass is 188 g/mol. The van der Waals surface area contributed by atoms with Crippen LogP contribution in [0.4, 0.5) is 0 Å². The highest BCUT2D eigenvalue weighted by molar-refractivity contribution is 6.18.